The molecule has 0 amide bonds. The molecule has 4 nitrogen and oxygen atoms in total. The van der Waals surface area contributed by atoms with Crippen LogP contribution in [0.1, 0.15) is 42.6 Å². The summed E-state index contributed by atoms with van der Waals surface area (Å²) < 4.78 is 13.1. The molecule has 2 rings (SSSR count). The van der Waals surface area contributed by atoms with Crippen LogP contribution in [0.25, 0.3) is 0 Å². The van der Waals surface area contributed by atoms with Gasteiger partial charge in [0.05, 0.1) is 12.2 Å². The minimum Gasteiger partial charge on any atom is -0.356 e. The molecule has 144 valence electrons. The molecular weight excluding hydrogens is 462 g/mol. The molecule has 0 aliphatic carbocycles. The molecule has 0 aliphatic heterocycles. The summed E-state index contributed by atoms with van der Waals surface area (Å²) in [6, 6.07) is 4.91. The third kappa shape index (κ3) is 6.83. The number of guanidine groups is 1. The van der Waals surface area contributed by atoms with Gasteiger partial charge in [0.1, 0.15) is 10.8 Å². The first-order chi connectivity index (χ1) is 11.8. The monoisotopic (exact) mass is 490 g/mol. The number of halogens is 2. The molecule has 0 saturated heterocycles. The van der Waals surface area contributed by atoms with E-state index in [-0.39, 0.29) is 35.2 Å². The second-order valence-electron chi connectivity index (χ2n) is 7.05. The molecular formula is C19H28FIN4S. The first-order valence-corrected chi connectivity index (χ1v) is 9.32. The number of benzene rings is 1. The van der Waals surface area contributed by atoms with Crippen molar-refractivity contribution in [1.29, 1.82) is 0 Å². The van der Waals surface area contributed by atoms with Gasteiger partial charge in [-0.15, -0.1) is 35.3 Å². The van der Waals surface area contributed by atoms with Crippen molar-refractivity contribution >= 4 is 41.3 Å². The first kappa shape index (κ1) is 22.8. The molecule has 0 spiro atoms. The molecule has 0 fully saturated rings. The average Bonchev–Trinajstić information content (AvgIpc) is 3.01. The topological polar surface area (TPSA) is 49.3 Å². The van der Waals surface area contributed by atoms with Crippen molar-refractivity contribution in [3.8, 4) is 0 Å². The maximum atomic E-state index is 13.1. The number of aromatic nitrogens is 1. The highest BCUT2D eigenvalue weighted by Crippen LogP contribution is 2.23. The summed E-state index contributed by atoms with van der Waals surface area (Å²) in [6.07, 6.45) is 0.818. The largest absolute Gasteiger partial charge is 0.356 e. The Morgan fingerprint density at radius 2 is 2.00 bits per heavy atom. The van der Waals surface area contributed by atoms with E-state index in [1.165, 1.54) is 6.07 Å². The van der Waals surface area contributed by atoms with Crippen LogP contribution in [-0.4, -0.2) is 24.5 Å². The fourth-order valence-corrected chi connectivity index (χ4v) is 3.33. The van der Waals surface area contributed by atoms with Crippen molar-refractivity contribution in [3.63, 3.8) is 0 Å². The quantitative estimate of drug-likeness (QED) is 0.371. The zero-order valence-corrected chi connectivity index (χ0v) is 19.2. The van der Waals surface area contributed by atoms with Crippen molar-refractivity contribution in [1.82, 2.24) is 15.6 Å². The predicted octanol–water partition coefficient (Wildman–Crippen LogP) is 4.41. The Morgan fingerprint density at radius 1 is 1.27 bits per heavy atom. The van der Waals surface area contributed by atoms with Gasteiger partial charge in [0.25, 0.3) is 0 Å². The summed E-state index contributed by atoms with van der Waals surface area (Å²) >= 11 is 1.66. The minimum atomic E-state index is -0.190. The molecule has 2 N–H and O–H groups in total. The third-order valence-electron chi connectivity index (χ3n) is 3.94. The number of thiazole rings is 1. The summed E-state index contributed by atoms with van der Waals surface area (Å²) in [6.45, 7) is 9.81. The van der Waals surface area contributed by atoms with Crippen LogP contribution < -0.4 is 10.6 Å². The SMILES string of the molecule is CN=C(NCCc1ccc(F)cc1C)NCc1nc(C(C)(C)C)cs1.I. The molecule has 0 atom stereocenters. The smallest absolute Gasteiger partial charge is 0.191 e. The molecule has 0 saturated carbocycles. The number of hydrogen-bond acceptors (Lipinski definition) is 3. The summed E-state index contributed by atoms with van der Waals surface area (Å²) in [4.78, 5) is 8.91. The van der Waals surface area contributed by atoms with Crippen LogP contribution in [0.4, 0.5) is 4.39 Å². The summed E-state index contributed by atoms with van der Waals surface area (Å²) in [5.41, 5.74) is 3.30. The zero-order valence-electron chi connectivity index (χ0n) is 16.0. The van der Waals surface area contributed by atoms with E-state index in [0.29, 0.717) is 6.54 Å². The number of rotatable bonds is 5. The van der Waals surface area contributed by atoms with Gasteiger partial charge in [0, 0.05) is 24.4 Å². The lowest BCUT2D eigenvalue weighted by molar-refractivity contribution is 0.570. The van der Waals surface area contributed by atoms with E-state index in [2.05, 4.69) is 46.8 Å². The van der Waals surface area contributed by atoms with Gasteiger partial charge in [-0.2, -0.15) is 0 Å². The molecule has 1 heterocycles. The summed E-state index contributed by atoms with van der Waals surface area (Å²) in [7, 11) is 1.75. The van der Waals surface area contributed by atoms with Crippen LogP contribution in [-0.2, 0) is 18.4 Å². The highest BCUT2D eigenvalue weighted by Gasteiger charge is 2.17. The zero-order chi connectivity index (χ0) is 18.4. The molecule has 0 aliphatic rings. The molecule has 0 radical (unpaired) electrons. The predicted molar refractivity (Wildman–Crippen MR) is 119 cm³/mol. The Labute approximate surface area is 176 Å². The highest BCUT2D eigenvalue weighted by molar-refractivity contribution is 14.0. The Hall–Kier alpha value is -1.22. The lowest BCUT2D eigenvalue weighted by Crippen LogP contribution is -2.37. The van der Waals surface area contributed by atoms with Crippen LogP contribution in [0.3, 0.4) is 0 Å². The van der Waals surface area contributed by atoms with E-state index in [9.17, 15) is 4.39 Å². The van der Waals surface area contributed by atoms with Crippen LogP contribution in [0.5, 0.6) is 0 Å². The Bertz CT molecular complexity index is 737. The normalized spacial score (nSPS) is 11.8. The van der Waals surface area contributed by atoms with Crippen molar-refractivity contribution in [2.75, 3.05) is 13.6 Å². The lowest BCUT2D eigenvalue weighted by Gasteiger charge is -2.14. The van der Waals surface area contributed by atoms with Gasteiger partial charge in [-0.3, -0.25) is 4.99 Å². The van der Waals surface area contributed by atoms with E-state index >= 15 is 0 Å². The van der Waals surface area contributed by atoms with Gasteiger partial charge >= 0.3 is 0 Å². The van der Waals surface area contributed by atoms with E-state index in [0.717, 1.165) is 40.8 Å². The number of aryl methyl sites for hydroxylation is 1. The Morgan fingerprint density at radius 3 is 2.58 bits per heavy atom. The van der Waals surface area contributed by atoms with Crippen LogP contribution in [0.15, 0.2) is 28.6 Å². The fraction of sp³-hybridized carbons (Fsp3) is 0.474. The minimum absolute atomic E-state index is 0. The Kier molecular flexibility index (Phi) is 8.95. The van der Waals surface area contributed by atoms with Crippen LogP contribution in [0.2, 0.25) is 0 Å². The van der Waals surface area contributed by atoms with Crippen molar-refractivity contribution in [3.05, 3.63) is 51.2 Å². The summed E-state index contributed by atoms with van der Waals surface area (Å²) in [5.74, 6) is 0.553. The van der Waals surface area contributed by atoms with E-state index in [1.807, 2.05) is 13.0 Å². The van der Waals surface area contributed by atoms with Crippen LogP contribution in [0, 0.1) is 12.7 Å². The lowest BCUT2D eigenvalue weighted by atomic mass is 9.93. The van der Waals surface area contributed by atoms with Gasteiger partial charge in [-0.1, -0.05) is 26.8 Å². The third-order valence-corrected chi connectivity index (χ3v) is 4.79. The van der Waals surface area contributed by atoms with Gasteiger partial charge in [0.15, 0.2) is 5.96 Å². The molecule has 7 heteroatoms. The number of hydrogen-bond donors (Lipinski definition) is 2. The van der Waals surface area contributed by atoms with Gasteiger partial charge in [-0.05, 0) is 36.6 Å². The maximum Gasteiger partial charge on any atom is 0.191 e. The van der Waals surface area contributed by atoms with Crippen molar-refractivity contribution < 1.29 is 4.39 Å². The van der Waals surface area contributed by atoms with E-state index in [1.54, 1.807) is 24.5 Å². The highest BCUT2D eigenvalue weighted by atomic mass is 127. The number of nitrogens with one attached hydrogen (secondary N) is 2. The molecule has 26 heavy (non-hydrogen) atoms. The van der Waals surface area contributed by atoms with Gasteiger partial charge in [-0.25, -0.2) is 9.37 Å². The van der Waals surface area contributed by atoms with E-state index < -0.39 is 0 Å². The molecule has 0 bridgehead atoms. The standard InChI is InChI=1S/C19H27FN4S.HI/c1-13-10-15(20)7-6-14(13)8-9-22-18(21-5)23-11-17-24-16(12-25-17)19(2,3)4;/h6-7,10,12H,8-9,11H2,1-5H3,(H2,21,22,23);1H. The first-order valence-electron chi connectivity index (χ1n) is 8.44. The molecule has 1 aromatic heterocycles. The van der Waals surface area contributed by atoms with Gasteiger partial charge in [0.2, 0.25) is 0 Å². The number of aliphatic imine (C=N–C) groups is 1. The molecule has 0 unspecified atom stereocenters. The second-order valence-corrected chi connectivity index (χ2v) is 7.99. The second kappa shape index (κ2) is 10.2. The van der Waals surface area contributed by atoms with Crippen molar-refractivity contribution in [2.45, 2.75) is 46.1 Å². The van der Waals surface area contributed by atoms with Crippen molar-refractivity contribution in [2.24, 2.45) is 4.99 Å². The fourth-order valence-electron chi connectivity index (χ4n) is 2.37. The molecule has 2 aromatic rings. The average molecular weight is 490 g/mol. The van der Waals surface area contributed by atoms with Gasteiger partial charge < -0.3 is 10.6 Å². The summed E-state index contributed by atoms with van der Waals surface area (Å²) in [5, 5.41) is 9.74. The number of nitrogens with zero attached hydrogens (tertiary/aromatic N) is 2. The molecule has 1 aromatic carbocycles. The maximum absolute atomic E-state index is 13.1. The van der Waals surface area contributed by atoms with E-state index in [4.69, 9.17) is 0 Å². The van der Waals surface area contributed by atoms with Crippen LogP contribution >= 0.6 is 35.3 Å². The Balaban J connectivity index is 0.00000338.